The van der Waals surface area contributed by atoms with E-state index in [1.165, 1.54) is 6.92 Å². The molecule has 1 aliphatic heterocycles. The van der Waals surface area contributed by atoms with Gasteiger partial charge in [0, 0.05) is 5.56 Å². The second-order valence-electron chi connectivity index (χ2n) is 4.31. The lowest BCUT2D eigenvalue weighted by Gasteiger charge is -2.22. The highest BCUT2D eigenvalue weighted by Crippen LogP contribution is 2.32. The van der Waals surface area contributed by atoms with Gasteiger partial charge in [0.05, 0.1) is 0 Å². The van der Waals surface area contributed by atoms with Gasteiger partial charge >= 0.3 is 0 Å². The zero-order chi connectivity index (χ0) is 12.5. The van der Waals surface area contributed by atoms with Crippen molar-refractivity contribution in [1.29, 1.82) is 0 Å². The van der Waals surface area contributed by atoms with Crippen molar-refractivity contribution in [3.05, 3.63) is 23.8 Å². The van der Waals surface area contributed by atoms with E-state index in [-0.39, 0.29) is 5.78 Å². The Morgan fingerprint density at radius 1 is 1.35 bits per heavy atom. The predicted molar refractivity (Wildman–Crippen MR) is 62.7 cm³/mol. The molecule has 0 bridgehead atoms. The zero-order valence-electron chi connectivity index (χ0n) is 10.0. The first-order chi connectivity index (χ1) is 8.04. The Bertz CT molecular complexity index is 437. The van der Waals surface area contributed by atoms with Gasteiger partial charge in [-0.2, -0.15) is 0 Å². The summed E-state index contributed by atoms with van der Waals surface area (Å²) in [6.07, 6.45) is 0.375. The van der Waals surface area contributed by atoms with Crippen molar-refractivity contribution < 1.29 is 19.4 Å². The third kappa shape index (κ3) is 2.26. The van der Waals surface area contributed by atoms with Crippen LogP contribution in [-0.2, 0) is 0 Å². The fraction of sp³-hybridized carbons (Fsp3) is 0.462. The second kappa shape index (κ2) is 4.37. The minimum Gasteiger partial charge on any atom is -0.486 e. The maximum atomic E-state index is 12.0. The lowest BCUT2D eigenvalue weighted by molar-refractivity contribution is 0.0390. The summed E-state index contributed by atoms with van der Waals surface area (Å²) in [6.45, 7) is 4.30. The summed E-state index contributed by atoms with van der Waals surface area (Å²) in [5, 5.41) is 9.93. The third-order valence-corrected chi connectivity index (χ3v) is 2.98. The molecular formula is C13H16O4. The van der Waals surface area contributed by atoms with Crippen molar-refractivity contribution in [2.75, 3.05) is 13.2 Å². The molecule has 4 heteroatoms. The van der Waals surface area contributed by atoms with Crippen molar-refractivity contribution in [2.45, 2.75) is 25.9 Å². The van der Waals surface area contributed by atoms with Crippen LogP contribution in [0.2, 0.25) is 0 Å². The molecule has 1 atom stereocenters. The van der Waals surface area contributed by atoms with Crippen LogP contribution in [0.3, 0.4) is 0 Å². The Morgan fingerprint density at radius 2 is 2.00 bits per heavy atom. The summed E-state index contributed by atoms with van der Waals surface area (Å²) >= 11 is 0. The third-order valence-electron chi connectivity index (χ3n) is 2.98. The maximum absolute atomic E-state index is 12.0. The molecule has 1 aliphatic rings. The molecule has 17 heavy (non-hydrogen) atoms. The summed E-state index contributed by atoms with van der Waals surface area (Å²) in [5.74, 6) is 0.912. The molecule has 1 N–H and O–H groups in total. The van der Waals surface area contributed by atoms with Gasteiger partial charge in [0.25, 0.3) is 0 Å². The van der Waals surface area contributed by atoms with Crippen LogP contribution >= 0.6 is 0 Å². The first-order valence-corrected chi connectivity index (χ1v) is 5.71. The van der Waals surface area contributed by atoms with E-state index in [9.17, 15) is 9.90 Å². The number of Topliss-reactive ketones (excluding diaryl/α,β-unsaturated/α-hetero) is 1. The number of carbonyl (C=O) groups excluding carboxylic acids is 1. The number of benzene rings is 1. The van der Waals surface area contributed by atoms with Gasteiger partial charge in [-0.3, -0.25) is 4.79 Å². The fourth-order valence-corrected chi connectivity index (χ4v) is 1.66. The molecule has 0 amide bonds. The number of hydrogen-bond acceptors (Lipinski definition) is 4. The Balaban J connectivity index is 2.31. The minimum absolute atomic E-state index is 0.294. The lowest BCUT2D eigenvalue weighted by atomic mass is 9.92. The molecular weight excluding hydrogens is 220 g/mol. The minimum atomic E-state index is -1.33. The normalized spacial score (nSPS) is 17.4. The molecule has 2 rings (SSSR count). The van der Waals surface area contributed by atoms with E-state index in [1.54, 1.807) is 25.1 Å². The van der Waals surface area contributed by atoms with Gasteiger partial charge in [0.2, 0.25) is 0 Å². The molecule has 0 fully saturated rings. The smallest absolute Gasteiger partial charge is 0.194 e. The highest BCUT2D eigenvalue weighted by atomic mass is 16.6. The highest BCUT2D eigenvalue weighted by molar-refractivity contribution is 6.02. The summed E-state index contributed by atoms with van der Waals surface area (Å²) < 4.78 is 10.8. The van der Waals surface area contributed by atoms with Gasteiger partial charge in [0.15, 0.2) is 17.3 Å². The monoisotopic (exact) mass is 236 g/mol. The Labute approximate surface area is 100 Å². The Hall–Kier alpha value is -1.55. The topological polar surface area (TPSA) is 55.8 Å². The molecule has 92 valence electrons. The van der Waals surface area contributed by atoms with Gasteiger partial charge in [-0.1, -0.05) is 6.92 Å². The van der Waals surface area contributed by atoms with Crippen LogP contribution in [0.5, 0.6) is 11.5 Å². The summed E-state index contributed by atoms with van der Waals surface area (Å²) in [4.78, 5) is 12.0. The van der Waals surface area contributed by atoms with Crippen LogP contribution in [0.1, 0.15) is 30.6 Å². The number of carbonyl (C=O) groups is 1. The van der Waals surface area contributed by atoms with Crippen LogP contribution in [0.25, 0.3) is 0 Å². The van der Waals surface area contributed by atoms with E-state index in [4.69, 9.17) is 9.47 Å². The first-order valence-electron chi connectivity index (χ1n) is 5.71. The molecule has 0 spiro atoms. The number of rotatable bonds is 3. The molecule has 0 aliphatic carbocycles. The second-order valence-corrected chi connectivity index (χ2v) is 4.31. The first kappa shape index (κ1) is 11.9. The molecule has 4 nitrogen and oxygen atoms in total. The van der Waals surface area contributed by atoms with E-state index in [2.05, 4.69) is 0 Å². The van der Waals surface area contributed by atoms with E-state index >= 15 is 0 Å². The van der Waals surface area contributed by atoms with Crippen LogP contribution < -0.4 is 9.47 Å². The zero-order valence-corrected chi connectivity index (χ0v) is 10.0. The van der Waals surface area contributed by atoms with E-state index in [1.807, 2.05) is 0 Å². The van der Waals surface area contributed by atoms with E-state index in [0.29, 0.717) is 36.7 Å². The molecule has 0 saturated heterocycles. The van der Waals surface area contributed by atoms with Crippen molar-refractivity contribution >= 4 is 5.78 Å². The quantitative estimate of drug-likeness (QED) is 0.813. The molecule has 1 aromatic carbocycles. The van der Waals surface area contributed by atoms with Gasteiger partial charge in [-0.25, -0.2) is 0 Å². The highest BCUT2D eigenvalue weighted by Gasteiger charge is 2.29. The van der Waals surface area contributed by atoms with Gasteiger partial charge in [-0.15, -0.1) is 0 Å². The molecule has 1 heterocycles. The number of aliphatic hydroxyl groups is 1. The van der Waals surface area contributed by atoms with Crippen LogP contribution in [0, 0.1) is 0 Å². The average molecular weight is 236 g/mol. The number of ketones is 1. The van der Waals surface area contributed by atoms with Crippen molar-refractivity contribution in [3.8, 4) is 11.5 Å². The fourth-order valence-electron chi connectivity index (χ4n) is 1.66. The van der Waals surface area contributed by atoms with Crippen LogP contribution in [-0.4, -0.2) is 29.7 Å². The van der Waals surface area contributed by atoms with Crippen molar-refractivity contribution in [2.24, 2.45) is 0 Å². The van der Waals surface area contributed by atoms with Crippen molar-refractivity contribution in [3.63, 3.8) is 0 Å². The van der Waals surface area contributed by atoms with Crippen LogP contribution in [0.15, 0.2) is 18.2 Å². The molecule has 1 aromatic rings. The molecule has 0 radical (unpaired) electrons. The summed E-state index contributed by atoms with van der Waals surface area (Å²) in [5.41, 5.74) is -0.884. The Morgan fingerprint density at radius 3 is 2.65 bits per heavy atom. The van der Waals surface area contributed by atoms with Gasteiger partial charge in [0.1, 0.15) is 18.8 Å². The van der Waals surface area contributed by atoms with Crippen LogP contribution in [0.4, 0.5) is 0 Å². The molecule has 0 saturated carbocycles. The average Bonchev–Trinajstić information content (AvgIpc) is 2.37. The predicted octanol–water partition coefficient (Wildman–Crippen LogP) is 1.80. The number of hydrogen-bond donors (Lipinski definition) is 1. The lowest BCUT2D eigenvalue weighted by Crippen LogP contribution is -2.34. The van der Waals surface area contributed by atoms with Gasteiger partial charge in [-0.05, 0) is 31.5 Å². The van der Waals surface area contributed by atoms with E-state index < -0.39 is 5.60 Å². The van der Waals surface area contributed by atoms with Gasteiger partial charge < -0.3 is 14.6 Å². The maximum Gasteiger partial charge on any atom is 0.194 e. The molecule has 0 aromatic heterocycles. The number of ether oxygens (including phenoxy) is 2. The largest absolute Gasteiger partial charge is 0.486 e. The summed E-state index contributed by atoms with van der Waals surface area (Å²) in [7, 11) is 0. The number of fused-ring (bicyclic) bond motifs is 1. The van der Waals surface area contributed by atoms with E-state index in [0.717, 1.165) is 0 Å². The Kier molecular flexibility index (Phi) is 3.07. The van der Waals surface area contributed by atoms with Crippen molar-refractivity contribution in [1.82, 2.24) is 0 Å². The SMILES string of the molecule is CCC(C)(O)C(=O)c1ccc2c(c1)OCCO2. The molecule has 1 unspecified atom stereocenters. The summed E-state index contributed by atoms with van der Waals surface area (Å²) in [6, 6.07) is 4.98. The standard InChI is InChI=1S/C13H16O4/c1-3-13(2,15)12(14)9-4-5-10-11(8-9)17-7-6-16-10/h4-5,8,15H,3,6-7H2,1-2H3.